The van der Waals surface area contributed by atoms with Crippen LogP contribution in [0.25, 0.3) is 5.70 Å². The van der Waals surface area contributed by atoms with Crippen LogP contribution in [0.2, 0.25) is 5.02 Å². The normalized spacial score (nSPS) is 16.4. The molecular formula is C16H11ClFN5. The third-order valence-corrected chi connectivity index (χ3v) is 3.92. The summed E-state index contributed by atoms with van der Waals surface area (Å²) in [6.07, 6.45) is 1.96. The fourth-order valence-corrected chi connectivity index (χ4v) is 2.71. The Morgan fingerprint density at radius 3 is 2.74 bits per heavy atom. The number of nitrogens with one attached hydrogen (secondary N) is 1. The molecule has 1 aliphatic rings. The second-order valence-electron chi connectivity index (χ2n) is 5.16. The second kappa shape index (κ2) is 5.48. The molecule has 4 rings (SSSR count). The summed E-state index contributed by atoms with van der Waals surface area (Å²) < 4.78 is 15.2. The highest BCUT2D eigenvalue weighted by Gasteiger charge is 2.24. The quantitative estimate of drug-likeness (QED) is 0.782. The van der Waals surface area contributed by atoms with E-state index >= 15 is 0 Å². The molecule has 2 heterocycles. The van der Waals surface area contributed by atoms with Gasteiger partial charge in [0.1, 0.15) is 11.9 Å². The molecule has 3 aromatic rings. The molecule has 0 amide bonds. The monoisotopic (exact) mass is 327 g/mol. The Morgan fingerprint density at radius 2 is 1.96 bits per heavy atom. The number of hydrogen-bond acceptors (Lipinski definition) is 4. The summed E-state index contributed by atoms with van der Waals surface area (Å²) in [4.78, 5) is 0. The lowest BCUT2D eigenvalue weighted by molar-refractivity contribution is 0.576. The first-order valence-corrected chi connectivity index (χ1v) is 7.36. The zero-order valence-corrected chi connectivity index (χ0v) is 12.6. The van der Waals surface area contributed by atoms with Crippen molar-refractivity contribution in [2.45, 2.75) is 6.04 Å². The van der Waals surface area contributed by atoms with E-state index in [0.29, 0.717) is 11.0 Å². The van der Waals surface area contributed by atoms with Crippen molar-refractivity contribution >= 4 is 23.2 Å². The second-order valence-corrected chi connectivity index (χ2v) is 5.60. The van der Waals surface area contributed by atoms with Crippen LogP contribution in [-0.4, -0.2) is 20.2 Å². The van der Waals surface area contributed by atoms with Gasteiger partial charge in [0, 0.05) is 10.7 Å². The number of nitrogens with zero attached hydrogens (tertiary/aromatic N) is 4. The molecule has 23 heavy (non-hydrogen) atoms. The van der Waals surface area contributed by atoms with Crippen molar-refractivity contribution < 1.29 is 4.39 Å². The van der Waals surface area contributed by atoms with Crippen LogP contribution in [0.1, 0.15) is 17.2 Å². The zero-order chi connectivity index (χ0) is 15.8. The average molecular weight is 328 g/mol. The molecule has 0 unspecified atom stereocenters. The highest BCUT2D eigenvalue weighted by Crippen LogP contribution is 2.31. The first-order chi connectivity index (χ1) is 11.2. The van der Waals surface area contributed by atoms with Crippen LogP contribution in [0.3, 0.4) is 0 Å². The van der Waals surface area contributed by atoms with Crippen molar-refractivity contribution in [1.29, 1.82) is 0 Å². The van der Waals surface area contributed by atoms with Crippen LogP contribution in [0, 0.1) is 5.82 Å². The SMILES string of the molecule is Fc1cccc([C@H]2C=C(c3ccc(Cl)cc3)Nc3nnnn32)c1. The highest BCUT2D eigenvalue weighted by atomic mass is 35.5. The third-order valence-electron chi connectivity index (χ3n) is 3.67. The molecule has 0 saturated carbocycles. The molecule has 114 valence electrons. The predicted octanol–water partition coefficient (Wildman–Crippen LogP) is 3.52. The summed E-state index contributed by atoms with van der Waals surface area (Å²) >= 11 is 5.94. The fourth-order valence-electron chi connectivity index (χ4n) is 2.58. The topological polar surface area (TPSA) is 55.6 Å². The zero-order valence-electron chi connectivity index (χ0n) is 11.8. The number of tetrazole rings is 1. The Morgan fingerprint density at radius 1 is 1.13 bits per heavy atom. The van der Waals surface area contributed by atoms with Crippen LogP contribution in [0.5, 0.6) is 0 Å². The Labute approximate surface area is 136 Å². The van der Waals surface area contributed by atoms with Crippen molar-refractivity contribution in [3.05, 3.63) is 76.6 Å². The number of hydrogen-bond donors (Lipinski definition) is 1. The Hall–Kier alpha value is -2.73. The molecule has 0 radical (unpaired) electrons. The molecule has 5 nitrogen and oxygen atoms in total. The van der Waals surface area contributed by atoms with Crippen LogP contribution in [0.4, 0.5) is 10.3 Å². The standard InChI is InChI=1S/C16H11ClFN5/c17-12-6-4-10(5-7-12)14-9-15(11-2-1-3-13(18)8-11)23-16(19-14)20-21-22-23/h1-9,15H,(H,19,20,22)/t15-/m1/s1. The van der Waals surface area contributed by atoms with Gasteiger partial charge in [0.25, 0.3) is 0 Å². The van der Waals surface area contributed by atoms with Gasteiger partial charge in [0.05, 0.1) is 0 Å². The first kappa shape index (κ1) is 13.9. The molecule has 0 aliphatic carbocycles. The van der Waals surface area contributed by atoms with Crippen LogP contribution < -0.4 is 5.32 Å². The van der Waals surface area contributed by atoms with Crippen molar-refractivity contribution in [1.82, 2.24) is 20.2 Å². The van der Waals surface area contributed by atoms with Crippen molar-refractivity contribution in [3.8, 4) is 0 Å². The predicted molar refractivity (Wildman–Crippen MR) is 85.4 cm³/mol. The molecule has 0 spiro atoms. The van der Waals surface area contributed by atoms with E-state index in [0.717, 1.165) is 16.8 Å². The van der Waals surface area contributed by atoms with E-state index in [1.807, 2.05) is 36.4 Å². The van der Waals surface area contributed by atoms with Gasteiger partial charge in [-0.25, -0.2) is 4.39 Å². The van der Waals surface area contributed by atoms with Crippen molar-refractivity contribution in [2.24, 2.45) is 0 Å². The number of benzene rings is 2. The van der Waals surface area contributed by atoms with Crippen LogP contribution >= 0.6 is 11.6 Å². The van der Waals surface area contributed by atoms with Crippen molar-refractivity contribution in [3.63, 3.8) is 0 Å². The van der Waals surface area contributed by atoms with E-state index in [-0.39, 0.29) is 11.9 Å². The molecule has 0 saturated heterocycles. The number of halogens is 2. The molecule has 1 aromatic heterocycles. The summed E-state index contributed by atoms with van der Waals surface area (Å²) in [5.41, 5.74) is 2.56. The number of rotatable bonds is 2. The third kappa shape index (κ3) is 2.57. The number of allylic oxidation sites excluding steroid dienone is 1. The van der Waals surface area contributed by atoms with Gasteiger partial charge in [0.2, 0.25) is 5.95 Å². The molecule has 2 aromatic carbocycles. The Bertz CT molecular complexity index is 887. The molecule has 0 fully saturated rings. The molecule has 1 atom stereocenters. The van der Waals surface area contributed by atoms with Gasteiger partial charge in [-0.05, 0) is 51.9 Å². The minimum Gasteiger partial charge on any atom is -0.323 e. The maximum Gasteiger partial charge on any atom is 0.248 e. The van der Waals surface area contributed by atoms with Gasteiger partial charge in [-0.15, -0.1) is 0 Å². The lowest BCUT2D eigenvalue weighted by atomic mass is 10.0. The minimum atomic E-state index is -0.294. The van der Waals surface area contributed by atoms with Gasteiger partial charge in [0.15, 0.2) is 0 Å². The molecular weight excluding hydrogens is 317 g/mol. The lowest BCUT2D eigenvalue weighted by Crippen LogP contribution is -2.20. The van der Waals surface area contributed by atoms with Crippen LogP contribution in [0.15, 0.2) is 54.6 Å². The van der Waals surface area contributed by atoms with E-state index in [2.05, 4.69) is 20.8 Å². The molecule has 1 aliphatic heterocycles. The summed E-state index contributed by atoms with van der Waals surface area (Å²) in [5.74, 6) is 0.212. The molecule has 7 heteroatoms. The largest absolute Gasteiger partial charge is 0.323 e. The summed E-state index contributed by atoms with van der Waals surface area (Å²) in [7, 11) is 0. The smallest absolute Gasteiger partial charge is 0.248 e. The van der Waals surface area contributed by atoms with Crippen molar-refractivity contribution in [2.75, 3.05) is 5.32 Å². The Balaban J connectivity index is 1.81. The molecule has 0 bridgehead atoms. The fraction of sp³-hybridized carbons (Fsp3) is 0.0625. The lowest BCUT2D eigenvalue weighted by Gasteiger charge is -2.23. The van der Waals surface area contributed by atoms with E-state index in [1.54, 1.807) is 10.7 Å². The van der Waals surface area contributed by atoms with Gasteiger partial charge in [-0.1, -0.05) is 41.0 Å². The number of fused-ring (bicyclic) bond motifs is 1. The highest BCUT2D eigenvalue weighted by molar-refractivity contribution is 6.30. The molecule has 1 N–H and O–H groups in total. The van der Waals surface area contributed by atoms with Gasteiger partial charge in [-0.3, -0.25) is 0 Å². The maximum absolute atomic E-state index is 13.6. The van der Waals surface area contributed by atoms with Gasteiger partial charge < -0.3 is 5.32 Å². The van der Waals surface area contributed by atoms with Crippen LogP contribution in [-0.2, 0) is 0 Å². The summed E-state index contributed by atoms with van der Waals surface area (Å²) in [5, 5.41) is 15.5. The van der Waals surface area contributed by atoms with E-state index in [1.165, 1.54) is 12.1 Å². The Kier molecular flexibility index (Phi) is 3.31. The minimum absolute atomic E-state index is 0.289. The maximum atomic E-state index is 13.6. The van der Waals surface area contributed by atoms with E-state index < -0.39 is 0 Å². The first-order valence-electron chi connectivity index (χ1n) is 6.99. The average Bonchev–Trinajstić information content (AvgIpc) is 3.03. The summed E-state index contributed by atoms with van der Waals surface area (Å²) in [6, 6.07) is 13.6. The van der Waals surface area contributed by atoms with E-state index in [9.17, 15) is 4.39 Å². The van der Waals surface area contributed by atoms with Gasteiger partial charge >= 0.3 is 0 Å². The van der Waals surface area contributed by atoms with Gasteiger partial charge in [-0.2, -0.15) is 4.68 Å². The summed E-state index contributed by atoms with van der Waals surface area (Å²) in [6.45, 7) is 0. The number of anilines is 1. The number of aromatic nitrogens is 4. The van der Waals surface area contributed by atoms with E-state index in [4.69, 9.17) is 11.6 Å².